The smallest absolute Gasteiger partial charge is 0.387 e. The number of hydrogen-bond donors (Lipinski definition) is 0. The number of hydrogen-bond acceptors (Lipinski definition) is 3. The first-order valence-corrected chi connectivity index (χ1v) is 5.69. The number of aromatic nitrogens is 1. The van der Waals surface area contributed by atoms with Gasteiger partial charge in [-0.3, -0.25) is 9.78 Å². The van der Waals surface area contributed by atoms with Crippen molar-refractivity contribution < 1.29 is 22.7 Å². The predicted octanol–water partition coefficient (Wildman–Crippen LogP) is 3.69. The number of carbonyl (C=O) groups is 1. The summed E-state index contributed by atoms with van der Waals surface area (Å²) in [4.78, 5) is 15.5. The van der Waals surface area contributed by atoms with Crippen LogP contribution in [0.1, 0.15) is 17.3 Å². The Morgan fingerprint density at radius 2 is 2.05 bits per heavy atom. The van der Waals surface area contributed by atoms with Crippen LogP contribution in [-0.4, -0.2) is 17.4 Å². The molecule has 0 unspecified atom stereocenters. The zero-order valence-corrected chi connectivity index (χ0v) is 10.4. The van der Waals surface area contributed by atoms with E-state index in [1.165, 1.54) is 37.4 Å². The molecule has 1 aromatic carbocycles. The van der Waals surface area contributed by atoms with E-state index >= 15 is 0 Å². The third-order valence-corrected chi connectivity index (χ3v) is 2.61. The normalized spacial score (nSPS) is 10.7. The molecule has 20 heavy (non-hydrogen) atoms. The molecule has 0 saturated carbocycles. The predicted molar refractivity (Wildman–Crippen MR) is 66.3 cm³/mol. The summed E-state index contributed by atoms with van der Waals surface area (Å²) in [5.74, 6) is -1.16. The number of alkyl halides is 2. The summed E-state index contributed by atoms with van der Waals surface area (Å²) in [5.41, 5.74) is 0.291. The Morgan fingerprint density at radius 3 is 2.65 bits per heavy atom. The molecule has 2 aromatic rings. The van der Waals surface area contributed by atoms with E-state index in [2.05, 4.69) is 9.72 Å². The maximum absolute atomic E-state index is 13.7. The van der Waals surface area contributed by atoms with Gasteiger partial charge < -0.3 is 4.74 Å². The van der Waals surface area contributed by atoms with Gasteiger partial charge in [-0.1, -0.05) is 0 Å². The second-order valence-corrected chi connectivity index (χ2v) is 3.98. The molecule has 1 heterocycles. The van der Waals surface area contributed by atoms with Gasteiger partial charge in [-0.2, -0.15) is 8.78 Å². The van der Waals surface area contributed by atoms with Crippen molar-refractivity contribution in [3.05, 3.63) is 47.9 Å². The fraction of sp³-hybridized carbons (Fsp3) is 0.143. The molecule has 0 saturated heterocycles. The topological polar surface area (TPSA) is 39.2 Å². The minimum absolute atomic E-state index is 0.0127. The summed E-state index contributed by atoms with van der Waals surface area (Å²) in [7, 11) is 0. The highest BCUT2D eigenvalue weighted by molar-refractivity contribution is 6.00. The minimum Gasteiger partial charge on any atom is -0.435 e. The van der Waals surface area contributed by atoms with E-state index in [4.69, 9.17) is 0 Å². The van der Waals surface area contributed by atoms with Crippen LogP contribution in [0.2, 0.25) is 0 Å². The first kappa shape index (κ1) is 14.0. The van der Waals surface area contributed by atoms with Gasteiger partial charge >= 0.3 is 6.61 Å². The van der Waals surface area contributed by atoms with Gasteiger partial charge in [0.15, 0.2) is 5.78 Å². The lowest BCUT2D eigenvalue weighted by atomic mass is 10.0. The number of benzene rings is 1. The molecule has 0 radical (unpaired) electrons. The third-order valence-electron chi connectivity index (χ3n) is 2.61. The molecule has 0 amide bonds. The summed E-state index contributed by atoms with van der Waals surface area (Å²) in [5, 5.41) is 0. The van der Waals surface area contributed by atoms with Crippen molar-refractivity contribution in [1.29, 1.82) is 0 Å². The van der Waals surface area contributed by atoms with E-state index < -0.39 is 18.2 Å². The Morgan fingerprint density at radius 1 is 1.30 bits per heavy atom. The van der Waals surface area contributed by atoms with Crippen LogP contribution in [0.15, 0.2) is 36.5 Å². The SMILES string of the molecule is CC(=O)c1cc(OC(F)F)ccc1-c1ncccc1F. The van der Waals surface area contributed by atoms with Gasteiger partial charge in [0.1, 0.15) is 17.3 Å². The van der Waals surface area contributed by atoms with Gasteiger partial charge in [-0.25, -0.2) is 4.39 Å². The highest BCUT2D eigenvalue weighted by Gasteiger charge is 2.16. The summed E-state index contributed by atoms with van der Waals surface area (Å²) in [6.07, 6.45) is 1.38. The van der Waals surface area contributed by atoms with Crippen LogP contribution in [0, 0.1) is 5.82 Å². The fourth-order valence-corrected chi connectivity index (χ4v) is 1.78. The van der Waals surface area contributed by atoms with Gasteiger partial charge in [-0.15, -0.1) is 0 Å². The Balaban J connectivity index is 2.54. The molecule has 0 atom stereocenters. The second-order valence-electron chi connectivity index (χ2n) is 3.98. The number of ether oxygens (including phenoxy) is 1. The second kappa shape index (κ2) is 5.73. The molecule has 1 aromatic heterocycles. The van der Waals surface area contributed by atoms with E-state index in [1.54, 1.807) is 0 Å². The van der Waals surface area contributed by atoms with Gasteiger partial charge in [0.05, 0.1) is 0 Å². The minimum atomic E-state index is -2.99. The van der Waals surface area contributed by atoms with Gasteiger partial charge in [0.2, 0.25) is 0 Å². The third kappa shape index (κ3) is 2.96. The Bertz CT molecular complexity index is 644. The van der Waals surface area contributed by atoms with Crippen LogP contribution in [0.5, 0.6) is 5.75 Å². The number of Topliss-reactive ketones (excluding diaryl/α,β-unsaturated/α-hetero) is 1. The van der Waals surface area contributed by atoms with Crippen LogP contribution in [0.3, 0.4) is 0 Å². The molecule has 3 nitrogen and oxygen atoms in total. The van der Waals surface area contributed by atoms with E-state index in [9.17, 15) is 18.0 Å². The number of halogens is 3. The van der Waals surface area contributed by atoms with Crippen LogP contribution in [0.4, 0.5) is 13.2 Å². The van der Waals surface area contributed by atoms with Crippen LogP contribution in [-0.2, 0) is 0 Å². The Kier molecular flexibility index (Phi) is 4.02. The molecule has 0 N–H and O–H groups in total. The number of pyridine rings is 1. The van der Waals surface area contributed by atoms with Gasteiger partial charge in [0.25, 0.3) is 0 Å². The first-order valence-electron chi connectivity index (χ1n) is 5.69. The van der Waals surface area contributed by atoms with Gasteiger partial charge in [0, 0.05) is 17.3 Å². The number of nitrogens with zero attached hydrogens (tertiary/aromatic N) is 1. The van der Waals surface area contributed by atoms with E-state index in [0.717, 1.165) is 6.07 Å². The number of rotatable bonds is 4. The summed E-state index contributed by atoms with van der Waals surface area (Å²) >= 11 is 0. The largest absolute Gasteiger partial charge is 0.435 e. The van der Waals surface area contributed by atoms with Crippen molar-refractivity contribution >= 4 is 5.78 Å². The van der Waals surface area contributed by atoms with E-state index in [1.807, 2.05) is 0 Å². The highest BCUT2D eigenvalue weighted by atomic mass is 19.3. The summed E-state index contributed by atoms with van der Waals surface area (Å²) in [6.45, 7) is -1.74. The Labute approximate surface area is 113 Å². The molecular formula is C14H10F3NO2. The maximum atomic E-state index is 13.7. The van der Waals surface area contributed by atoms with Crippen molar-refractivity contribution in [3.63, 3.8) is 0 Å². The highest BCUT2D eigenvalue weighted by Crippen LogP contribution is 2.28. The van der Waals surface area contributed by atoms with Crippen molar-refractivity contribution in [1.82, 2.24) is 4.98 Å². The lowest BCUT2D eigenvalue weighted by Gasteiger charge is -2.10. The molecule has 2 rings (SSSR count). The standard InChI is InChI=1S/C14H10F3NO2/c1-8(19)11-7-9(20-14(16)17)4-5-10(11)13-12(15)3-2-6-18-13/h2-7,14H,1H3. The van der Waals surface area contributed by atoms with E-state index in [0.29, 0.717) is 0 Å². The number of ketones is 1. The molecule has 0 spiro atoms. The van der Waals surface area contributed by atoms with Crippen molar-refractivity contribution in [2.75, 3.05) is 0 Å². The monoisotopic (exact) mass is 281 g/mol. The summed E-state index contributed by atoms with van der Waals surface area (Å²) < 4.78 is 42.3. The molecule has 0 aliphatic heterocycles. The van der Waals surface area contributed by atoms with Crippen molar-refractivity contribution in [3.8, 4) is 17.0 Å². The molecule has 6 heteroatoms. The average Bonchev–Trinajstić information content (AvgIpc) is 2.39. The van der Waals surface area contributed by atoms with Crippen molar-refractivity contribution in [2.45, 2.75) is 13.5 Å². The average molecular weight is 281 g/mol. The zero-order valence-electron chi connectivity index (χ0n) is 10.4. The number of carbonyl (C=O) groups excluding carboxylic acids is 1. The van der Waals surface area contributed by atoms with Crippen LogP contribution < -0.4 is 4.74 Å². The quantitative estimate of drug-likeness (QED) is 0.802. The summed E-state index contributed by atoms with van der Waals surface area (Å²) in [6, 6.07) is 6.34. The van der Waals surface area contributed by atoms with Crippen molar-refractivity contribution in [2.24, 2.45) is 0 Å². The zero-order chi connectivity index (χ0) is 14.7. The van der Waals surface area contributed by atoms with Crippen LogP contribution >= 0.6 is 0 Å². The van der Waals surface area contributed by atoms with E-state index in [-0.39, 0.29) is 22.6 Å². The molecule has 104 valence electrons. The molecule has 0 fully saturated rings. The van der Waals surface area contributed by atoms with Crippen LogP contribution in [0.25, 0.3) is 11.3 Å². The van der Waals surface area contributed by atoms with Gasteiger partial charge in [-0.05, 0) is 37.3 Å². The lowest BCUT2D eigenvalue weighted by molar-refractivity contribution is -0.0498. The fourth-order valence-electron chi connectivity index (χ4n) is 1.78. The molecule has 0 bridgehead atoms. The first-order chi connectivity index (χ1) is 9.49. The molecular weight excluding hydrogens is 271 g/mol. The molecule has 0 aliphatic carbocycles. The Hall–Kier alpha value is -2.37. The molecule has 0 aliphatic rings. The maximum Gasteiger partial charge on any atom is 0.387 e. The lowest BCUT2D eigenvalue weighted by Crippen LogP contribution is -2.05.